The molecule has 0 unspecified atom stereocenters. The molecule has 0 atom stereocenters. The Morgan fingerprint density at radius 1 is 1.09 bits per heavy atom. The quantitative estimate of drug-likeness (QED) is 0.449. The van der Waals surface area contributed by atoms with Gasteiger partial charge in [-0.3, -0.25) is 18.6 Å². The van der Waals surface area contributed by atoms with E-state index in [1.807, 2.05) is 36.0 Å². The van der Waals surface area contributed by atoms with Gasteiger partial charge in [-0.15, -0.1) is 0 Å². The Hall–Kier alpha value is -3.13. The molecule has 0 aromatic carbocycles. The van der Waals surface area contributed by atoms with E-state index >= 15 is 0 Å². The topological polar surface area (TPSA) is 67.8 Å². The van der Waals surface area contributed by atoms with Crippen molar-refractivity contribution in [3.05, 3.63) is 64.0 Å². The van der Waals surface area contributed by atoms with Crippen molar-refractivity contribution < 1.29 is 4.39 Å². The number of aromatic nitrogens is 5. The fourth-order valence-electron chi connectivity index (χ4n) is 4.83. The van der Waals surface area contributed by atoms with Gasteiger partial charge in [0, 0.05) is 18.8 Å². The number of rotatable bonds is 6. The molecule has 1 saturated heterocycles. The Kier molecular flexibility index (Phi) is 5.93. The van der Waals surface area contributed by atoms with E-state index in [-0.39, 0.29) is 12.2 Å². The van der Waals surface area contributed by atoms with Crippen molar-refractivity contribution in [2.24, 2.45) is 0 Å². The second-order valence-corrected chi connectivity index (χ2v) is 8.87. The maximum absolute atomic E-state index is 13.0. The van der Waals surface area contributed by atoms with Crippen molar-refractivity contribution in [2.75, 3.05) is 26.3 Å². The molecule has 0 saturated carbocycles. The number of alkyl halides is 1. The molecule has 1 aliphatic heterocycles. The lowest BCUT2D eigenvalue weighted by Gasteiger charge is -2.32. The predicted octanol–water partition coefficient (Wildman–Crippen LogP) is 3.81. The molecule has 0 aliphatic carbocycles. The van der Waals surface area contributed by atoms with Crippen LogP contribution in [0.2, 0.25) is 0 Å². The number of hydrogen-bond donors (Lipinski definition) is 0. The molecule has 0 radical (unpaired) electrons. The molecular weight excluding hydrogens is 419 g/mol. The van der Waals surface area contributed by atoms with E-state index in [1.165, 1.54) is 0 Å². The minimum atomic E-state index is -0.256. The molecule has 8 heteroatoms. The first-order valence-electron chi connectivity index (χ1n) is 11.7. The van der Waals surface area contributed by atoms with E-state index in [4.69, 9.17) is 4.98 Å². The van der Waals surface area contributed by atoms with Crippen molar-refractivity contribution in [3.63, 3.8) is 0 Å². The number of aryl methyl sites for hydroxylation is 2. The summed E-state index contributed by atoms with van der Waals surface area (Å²) in [5, 5.41) is 4.66. The Bertz CT molecular complexity index is 1350. The summed E-state index contributed by atoms with van der Waals surface area (Å²) in [5.41, 5.74) is 5.72. The van der Waals surface area contributed by atoms with Crippen LogP contribution in [0.5, 0.6) is 0 Å². The summed E-state index contributed by atoms with van der Waals surface area (Å²) in [6.45, 7) is 6.53. The average Bonchev–Trinajstić information content (AvgIpc) is 3.26. The van der Waals surface area contributed by atoms with Crippen molar-refractivity contribution >= 4 is 11.2 Å². The van der Waals surface area contributed by atoms with Gasteiger partial charge in [0.1, 0.15) is 11.3 Å². The Labute approximate surface area is 191 Å². The van der Waals surface area contributed by atoms with Gasteiger partial charge in [0.2, 0.25) is 0 Å². The standard InChI is InChI=1S/C25H29FN6O/c1-3-20-23-13-22(29-32(23)15-17(2)27-20)21-14-25(33)31-16-19(5-6-24(31)28-21)18-7-11-30(12-8-18)10-4-9-26/h5-6,13-16,18H,3-4,7-12H2,1-2H3. The predicted molar refractivity (Wildman–Crippen MR) is 127 cm³/mol. The summed E-state index contributed by atoms with van der Waals surface area (Å²) in [4.78, 5) is 24.7. The summed E-state index contributed by atoms with van der Waals surface area (Å²) >= 11 is 0. The van der Waals surface area contributed by atoms with Crippen molar-refractivity contribution in [3.8, 4) is 11.4 Å². The Balaban J connectivity index is 1.44. The minimum Gasteiger partial charge on any atom is -0.303 e. The van der Waals surface area contributed by atoms with Crippen molar-refractivity contribution in [1.29, 1.82) is 0 Å². The second-order valence-electron chi connectivity index (χ2n) is 8.87. The van der Waals surface area contributed by atoms with Gasteiger partial charge >= 0.3 is 0 Å². The average molecular weight is 449 g/mol. The lowest BCUT2D eigenvalue weighted by molar-refractivity contribution is 0.204. The third kappa shape index (κ3) is 4.27. The maximum Gasteiger partial charge on any atom is 0.258 e. The van der Waals surface area contributed by atoms with E-state index in [9.17, 15) is 9.18 Å². The number of halogens is 1. The van der Waals surface area contributed by atoms with Crippen molar-refractivity contribution in [2.45, 2.75) is 45.4 Å². The lowest BCUT2D eigenvalue weighted by atomic mass is 9.90. The maximum atomic E-state index is 13.0. The molecule has 4 aromatic heterocycles. The van der Waals surface area contributed by atoms with E-state index in [1.54, 1.807) is 10.5 Å². The SMILES string of the molecule is CCc1nc(C)cn2nc(-c3cc(=O)n4cc(C5CCN(CCCF)CC5)ccc4n3)cc12. The zero-order chi connectivity index (χ0) is 22.9. The molecule has 0 spiro atoms. The van der Waals surface area contributed by atoms with Gasteiger partial charge in [0.15, 0.2) is 0 Å². The van der Waals surface area contributed by atoms with E-state index in [2.05, 4.69) is 28.0 Å². The number of likely N-dealkylation sites (tertiary alicyclic amines) is 1. The first kappa shape index (κ1) is 21.7. The summed E-state index contributed by atoms with van der Waals surface area (Å²) in [5.74, 6) is 0.407. The largest absolute Gasteiger partial charge is 0.303 e. The molecule has 172 valence electrons. The second kappa shape index (κ2) is 9.02. The Morgan fingerprint density at radius 3 is 2.67 bits per heavy atom. The van der Waals surface area contributed by atoms with Crippen LogP contribution < -0.4 is 5.56 Å². The highest BCUT2D eigenvalue weighted by Crippen LogP contribution is 2.28. The van der Waals surface area contributed by atoms with Crippen LogP contribution in [0.15, 0.2) is 41.5 Å². The first-order chi connectivity index (χ1) is 16.1. The first-order valence-corrected chi connectivity index (χ1v) is 11.7. The molecule has 0 amide bonds. The van der Waals surface area contributed by atoms with E-state index in [0.29, 0.717) is 29.4 Å². The summed E-state index contributed by atoms with van der Waals surface area (Å²) in [6.07, 6.45) is 7.27. The lowest BCUT2D eigenvalue weighted by Crippen LogP contribution is -2.34. The third-order valence-corrected chi connectivity index (χ3v) is 6.60. The summed E-state index contributed by atoms with van der Waals surface area (Å²) in [6, 6.07) is 7.52. The zero-order valence-electron chi connectivity index (χ0n) is 19.2. The van der Waals surface area contributed by atoms with Gasteiger partial charge < -0.3 is 4.90 Å². The van der Waals surface area contributed by atoms with Crippen LogP contribution in [0.25, 0.3) is 22.6 Å². The van der Waals surface area contributed by atoms with Crippen LogP contribution in [0.4, 0.5) is 4.39 Å². The molecule has 0 N–H and O–H groups in total. The normalized spacial score (nSPS) is 15.6. The van der Waals surface area contributed by atoms with E-state index in [0.717, 1.165) is 61.4 Å². The van der Waals surface area contributed by atoms with Gasteiger partial charge in [0.25, 0.3) is 5.56 Å². The number of pyridine rings is 1. The number of piperidine rings is 1. The highest BCUT2D eigenvalue weighted by atomic mass is 19.1. The number of nitrogens with zero attached hydrogens (tertiary/aromatic N) is 6. The van der Waals surface area contributed by atoms with Gasteiger partial charge in [0.05, 0.1) is 35.5 Å². The van der Waals surface area contributed by atoms with Crippen LogP contribution >= 0.6 is 0 Å². The van der Waals surface area contributed by atoms with E-state index < -0.39 is 0 Å². The molecular formula is C25H29FN6O. The summed E-state index contributed by atoms with van der Waals surface area (Å²) < 4.78 is 15.9. The smallest absolute Gasteiger partial charge is 0.258 e. The van der Waals surface area contributed by atoms with Gasteiger partial charge in [-0.2, -0.15) is 5.10 Å². The molecule has 4 aromatic rings. The zero-order valence-corrected chi connectivity index (χ0v) is 19.2. The highest BCUT2D eigenvalue weighted by Gasteiger charge is 2.21. The molecule has 7 nitrogen and oxygen atoms in total. The summed E-state index contributed by atoms with van der Waals surface area (Å²) in [7, 11) is 0. The molecule has 5 heterocycles. The fraction of sp³-hybridized carbons (Fsp3) is 0.440. The molecule has 0 bridgehead atoms. The molecule has 1 aliphatic rings. The highest BCUT2D eigenvalue weighted by molar-refractivity contribution is 5.66. The van der Waals surface area contributed by atoms with Gasteiger partial charge in [-0.1, -0.05) is 13.0 Å². The third-order valence-electron chi connectivity index (χ3n) is 6.60. The number of hydrogen-bond acceptors (Lipinski definition) is 5. The minimum absolute atomic E-state index is 0.112. The van der Waals surface area contributed by atoms with Gasteiger partial charge in [-0.25, -0.2) is 9.50 Å². The van der Waals surface area contributed by atoms with Crippen LogP contribution in [-0.4, -0.2) is 55.2 Å². The van der Waals surface area contributed by atoms with Crippen molar-refractivity contribution in [1.82, 2.24) is 28.9 Å². The number of fused-ring (bicyclic) bond motifs is 2. The molecule has 1 fully saturated rings. The van der Waals surface area contributed by atoms with Crippen LogP contribution in [0.3, 0.4) is 0 Å². The Morgan fingerprint density at radius 2 is 1.91 bits per heavy atom. The molecule has 33 heavy (non-hydrogen) atoms. The molecule has 5 rings (SSSR count). The van der Waals surface area contributed by atoms with Crippen LogP contribution in [0.1, 0.15) is 49.1 Å². The van der Waals surface area contributed by atoms with Gasteiger partial charge in [-0.05, 0) is 69.3 Å². The van der Waals surface area contributed by atoms with Crippen LogP contribution in [-0.2, 0) is 6.42 Å². The monoisotopic (exact) mass is 448 g/mol. The fourth-order valence-corrected chi connectivity index (χ4v) is 4.83. The van der Waals surface area contributed by atoms with Crippen LogP contribution in [0, 0.1) is 6.92 Å².